The number of benzene rings is 3. The lowest BCUT2D eigenvalue weighted by atomic mass is 10.0. The predicted molar refractivity (Wildman–Crippen MR) is 160 cm³/mol. The quantitative estimate of drug-likeness (QED) is 0.268. The molecule has 0 bridgehead atoms. The number of H-pyrrole nitrogens is 1. The second kappa shape index (κ2) is 12.8. The molecule has 0 aliphatic carbocycles. The molecule has 1 aliphatic heterocycles. The number of hydrogen-bond acceptors (Lipinski definition) is 7. The van der Waals surface area contributed by atoms with E-state index < -0.39 is 17.9 Å². The maximum absolute atomic E-state index is 14.3. The van der Waals surface area contributed by atoms with E-state index in [0.717, 1.165) is 55.2 Å². The first-order valence-electron chi connectivity index (χ1n) is 13.8. The zero-order valence-electron chi connectivity index (χ0n) is 24.3. The first-order valence-corrected chi connectivity index (χ1v) is 13.8. The van der Waals surface area contributed by atoms with Crippen LogP contribution >= 0.6 is 0 Å². The van der Waals surface area contributed by atoms with Crippen LogP contribution in [0.5, 0.6) is 0 Å². The number of nitrogens with one attached hydrogen (secondary N) is 2. The van der Waals surface area contributed by atoms with Crippen LogP contribution in [-0.2, 0) is 15.9 Å². The molecule has 0 saturated carbocycles. The van der Waals surface area contributed by atoms with E-state index in [1.54, 1.807) is 14.2 Å². The van der Waals surface area contributed by atoms with Gasteiger partial charge in [0.1, 0.15) is 11.6 Å². The number of carbonyl (C=O) groups excluding carboxylic acids is 1. The number of rotatable bonds is 10. The molecule has 1 aliphatic rings. The molecule has 1 aromatic heterocycles. The molecule has 0 radical (unpaired) electrons. The Balaban J connectivity index is 1.43. The SMILES string of the molecule is COC(CN(C)c1cc(N2CCN(C)CC2)ccc1C(=O)Nc1n[nH]c2ccc(Cc3cc(F)ccc3F)cc12)OC. The van der Waals surface area contributed by atoms with Crippen molar-refractivity contribution in [3.8, 4) is 0 Å². The van der Waals surface area contributed by atoms with Crippen molar-refractivity contribution in [2.75, 3.05) is 76.2 Å². The Bertz CT molecular complexity index is 1550. The highest BCUT2D eigenvalue weighted by Gasteiger charge is 2.22. The van der Waals surface area contributed by atoms with Gasteiger partial charge in [0.25, 0.3) is 5.91 Å². The third-order valence-electron chi connectivity index (χ3n) is 7.72. The Morgan fingerprint density at radius 1 is 1.05 bits per heavy atom. The highest BCUT2D eigenvalue weighted by atomic mass is 19.1. The number of ether oxygens (including phenoxy) is 2. The minimum Gasteiger partial charge on any atom is -0.369 e. The summed E-state index contributed by atoms with van der Waals surface area (Å²) in [5, 5.41) is 10.9. The number of amides is 1. The normalized spacial score (nSPS) is 14.1. The molecule has 1 amide bonds. The topological polar surface area (TPSA) is 86.0 Å². The molecule has 9 nitrogen and oxygen atoms in total. The van der Waals surface area contributed by atoms with Gasteiger partial charge in [0, 0.05) is 64.9 Å². The number of halogens is 2. The van der Waals surface area contributed by atoms with Gasteiger partial charge in [0.15, 0.2) is 12.1 Å². The van der Waals surface area contributed by atoms with Gasteiger partial charge in [0.2, 0.25) is 0 Å². The zero-order chi connectivity index (χ0) is 29.8. The molecule has 5 rings (SSSR count). The number of carbonyl (C=O) groups is 1. The Labute approximate surface area is 244 Å². The van der Waals surface area contributed by atoms with E-state index in [9.17, 15) is 13.6 Å². The van der Waals surface area contributed by atoms with Crippen LogP contribution in [0.15, 0.2) is 54.6 Å². The number of nitrogens with zero attached hydrogens (tertiary/aromatic N) is 4. The summed E-state index contributed by atoms with van der Waals surface area (Å²) < 4.78 is 38.8. The number of likely N-dealkylation sites (N-methyl/N-ethyl adjacent to an activating group) is 2. The van der Waals surface area contributed by atoms with Gasteiger partial charge in [0.05, 0.1) is 23.3 Å². The standard InChI is InChI=1S/C31H36F2N6O3/c1-37-11-13-39(14-12-37)23-7-8-24(28(18-23)38(2)19-29(41-3)42-4)31(40)34-30-25-16-20(5-10-27(25)35-36-30)15-21-17-22(32)6-9-26(21)33/h5-10,16-18,29H,11-15,19H2,1-4H3,(H2,34,35,36,40). The van der Waals surface area contributed by atoms with Crippen LogP contribution in [-0.4, -0.2) is 88.3 Å². The van der Waals surface area contributed by atoms with Crippen LogP contribution in [0.25, 0.3) is 10.9 Å². The third-order valence-corrected chi connectivity index (χ3v) is 7.72. The molecular weight excluding hydrogens is 542 g/mol. The van der Waals surface area contributed by atoms with E-state index in [2.05, 4.69) is 32.4 Å². The van der Waals surface area contributed by atoms with Gasteiger partial charge in [-0.3, -0.25) is 9.89 Å². The Hall–Kier alpha value is -4.06. The smallest absolute Gasteiger partial charge is 0.258 e. The zero-order valence-corrected chi connectivity index (χ0v) is 24.3. The lowest BCUT2D eigenvalue weighted by Gasteiger charge is -2.35. The number of fused-ring (bicyclic) bond motifs is 1. The van der Waals surface area contributed by atoms with E-state index >= 15 is 0 Å². The molecule has 3 aromatic carbocycles. The number of piperazine rings is 1. The Morgan fingerprint density at radius 2 is 1.81 bits per heavy atom. The molecule has 0 atom stereocenters. The van der Waals surface area contributed by atoms with Crippen molar-refractivity contribution in [3.63, 3.8) is 0 Å². The van der Waals surface area contributed by atoms with Crippen LogP contribution in [0, 0.1) is 11.6 Å². The highest BCUT2D eigenvalue weighted by molar-refractivity contribution is 6.11. The van der Waals surface area contributed by atoms with Gasteiger partial charge in [-0.2, -0.15) is 5.10 Å². The molecule has 0 unspecified atom stereocenters. The summed E-state index contributed by atoms with van der Waals surface area (Å²) in [5.41, 5.74) is 3.94. The largest absolute Gasteiger partial charge is 0.369 e. The van der Waals surface area contributed by atoms with Crippen molar-refractivity contribution in [2.24, 2.45) is 0 Å². The predicted octanol–water partition coefficient (Wildman–Crippen LogP) is 4.49. The Kier molecular flexibility index (Phi) is 9.00. The van der Waals surface area contributed by atoms with Gasteiger partial charge in [-0.25, -0.2) is 8.78 Å². The number of aromatic amines is 1. The fourth-order valence-corrected chi connectivity index (χ4v) is 5.20. The lowest BCUT2D eigenvalue weighted by Crippen LogP contribution is -2.44. The van der Waals surface area contributed by atoms with Crippen LogP contribution < -0.4 is 15.1 Å². The second-order valence-corrected chi connectivity index (χ2v) is 10.6. The first kappa shape index (κ1) is 29.4. The summed E-state index contributed by atoms with van der Waals surface area (Å²) in [6.45, 7) is 4.12. The molecular formula is C31H36F2N6O3. The van der Waals surface area contributed by atoms with Crippen LogP contribution in [0.4, 0.5) is 26.0 Å². The van der Waals surface area contributed by atoms with Crippen molar-refractivity contribution in [2.45, 2.75) is 12.7 Å². The molecule has 11 heteroatoms. The molecule has 1 fully saturated rings. The average Bonchev–Trinajstić information content (AvgIpc) is 3.39. The van der Waals surface area contributed by atoms with Gasteiger partial charge in [-0.1, -0.05) is 6.07 Å². The van der Waals surface area contributed by atoms with Gasteiger partial charge >= 0.3 is 0 Å². The van der Waals surface area contributed by atoms with E-state index in [1.807, 2.05) is 48.3 Å². The summed E-state index contributed by atoms with van der Waals surface area (Å²) in [4.78, 5) is 20.3. The summed E-state index contributed by atoms with van der Waals surface area (Å²) in [7, 11) is 7.17. The lowest BCUT2D eigenvalue weighted by molar-refractivity contribution is -0.0944. The summed E-state index contributed by atoms with van der Waals surface area (Å²) in [6.07, 6.45) is -0.282. The number of anilines is 3. The summed E-state index contributed by atoms with van der Waals surface area (Å²) in [5.74, 6) is -0.952. The van der Waals surface area contributed by atoms with Crippen molar-refractivity contribution in [1.29, 1.82) is 0 Å². The van der Waals surface area contributed by atoms with Crippen LogP contribution in [0.1, 0.15) is 21.5 Å². The van der Waals surface area contributed by atoms with E-state index in [1.165, 1.54) is 6.07 Å². The maximum atomic E-state index is 14.3. The molecule has 4 aromatic rings. The second-order valence-electron chi connectivity index (χ2n) is 10.6. The van der Waals surface area contributed by atoms with Crippen LogP contribution in [0.2, 0.25) is 0 Å². The minimum absolute atomic E-state index is 0.195. The molecule has 1 saturated heterocycles. The molecule has 0 spiro atoms. The van der Waals surface area contributed by atoms with Crippen LogP contribution in [0.3, 0.4) is 0 Å². The van der Waals surface area contributed by atoms with Crippen molar-refractivity contribution >= 4 is 34.0 Å². The fraction of sp³-hybridized carbons (Fsp3) is 0.355. The van der Waals surface area contributed by atoms with E-state index in [0.29, 0.717) is 28.8 Å². The summed E-state index contributed by atoms with van der Waals surface area (Å²) in [6, 6.07) is 14.7. The monoisotopic (exact) mass is 578 g/mol. The number of hydrogen-bond donors (Lipinski definition) is 2. The van der Waals surface area contributed by atoms with E-state index in [4.69, 9.17) is 9.47 Å². The fourth-order valence-electron chi connectivity index (χ4n) is 5.20. The highest BCUT2D eigenvalue weighted by Crippen LogP contribution is 2.30. The maximum Gasteiger partial charge on any atom is 0.258 e. The van der Waals surface area contributed by atoms with Crippen molar-refractivity contribution in [1.82, 2.24) is 15.1 Å². The average molecular weight is 579 g/mol. The molecule has 222 valence electrons. The Morgan fingerprint density at radius 3 is 2.55 bits per heavy atom. The molecule has 2 N–H and O–H groups in total. The van der Waals surface area contributed by atoms with Gasteiger partial charge in [-0.15, -0.1) is 0 Å². The minimum atomic E-state index is -0.495. The molecule has 42 heavy (non-hydrogen) atoms. The first-order chi connectivity index (χ1) is 20.2. The van der Waals surface area contributed by atoms with Crippen molar-refractivity contribution < 1.29 is 23.0 Å². The van der Waals surface area contributed by atoms with Gasteiger partial charge < -0.3 is 29.5 Å². The van der Waals surface area contributed by atoms with E-state index in [-0.39, 0.29) is 17.9 Å². The van der Waals surface area contributed by atoms with Gasteiger partial charge in [-0.05, 0) is 66.7 Å². The number of aromatic nitrogens is 2. The third kappa shape index (κ3) is 6.53. The summed E-state index contributed by atoms with van der Waals surface area (Å²) >= 11 is 0. The molecule has 2 heterocycles. The van der Waals surface area contributed by atoms with Crippen molar-refractivity contribution in [3.05, 3.63) is 82.9 Å². The number of methoxy groups -OCH3 is 2.